The molecule has 7 heavy (non-hydrogen) atoms. The number of ketones is 1. The number of aliphatic hydroxyl groups excluding tert-OH is 1. The van der Waals surface area contributed by atoms with Gasteiger partial charge in [0.15, 0.2) is 5.78 Å². The molecule has 1 aliphatic rings. The Labute approximate surface area is 41.2 Å². The summed E-state index contributed by atoms with van der Waals surface area (Å²) in [7, 11) is 0. The fourth-order valence-corrected chi connectivity index (χ4v) is 0.335. The first kappa shape index (κ1) is 6.17. The molecule has 0 aromatic heterocycles. The zero-order valence-electron chi connectivity index (χ0n) is 3.85. The topological polar surface area (TPSA) is 72.3 Å². The molecule has 3 nitrogen and oxygen atoms in total. The van der Waals surface area contributed by atoms with E-state index >= 15 is 0 Å². The third kappa shape index (κ3) is 1.01. The van der Waals surface area contributed by atoms with E-state index in [-0.39, 0.29) is 24.1 Å². The molecule has 4 N–H and O–H groups in total. The van der Waals surface area contributed by atoms with E-state index in [0.717, 1.165) is 0 Å². The highest BCUT2D eigenvalue weighted by atomic mass is 16.3. The fraction of sp³-hybridized carbons (Fsp3) is 0.250. The van der Waals surface area contributed by atoms with Crippen molar-refractivity contribution in [3.63, 3.8) is 0 Å². The lowest BCUT2D eigenvalue weighted by molar-refractivity contribution is -0.116. The number of carbonyl (C=O) groups excluding carboxylic acids is 1. The van der Waals surface area contributed by atoms with Crippen molar-refractivity contribution in [1.29, 1.82) is 0 Å². The molecule has 0 fully saturated rings. The number of hydrogen-bond donors (Lipinski definition) is 2. The van der Waals surface area contributed by atoms with Gasteiger partial charge in [-0.2, -0.15) is 0 Å². The molecule has 1 aliphatic carbocycles. The largest absolute Gasteiger partial charge is 0.512 e. The normalized spacial score (nSPS) is 16.6. The van der Waals surface area contributed by atoms with Crippen molar-refractivity contribution >= 4 is 5.78 Å². The van der Waals surface area contributed by atoms with Gasteiger partial charge in [0, 0.05) is 6.08 Å². The minimum absolute atomic E-state index is 0. The van der Waals surface area contributed by atoms with Crippen LogP contribution >= 0.6 is 0 Å². The zero-order chi connectivity index (χ0) is 4.57. The molecular weight excluding hydrogens is 94.0 g/mol. The Kier molecular flexibility index (Phi) is 1.54. The predicted octanol–water partition coefficient (Wildman–Crippen LogP) is 0.563. The molecule has 40 valence electrons. The second-order valence-electron chi connectivity index (χ2n) is 1.28. The first-order valence-corrected chi connectivity index (χ1v) is 1.71. The monoisotopic (exact) mass is 101 g/mol. The molecule has 0 unspecified atom stereocenters. The predicted molar refractivity (Wildman–Crippen MR) is 25.4 cm³/mol. The summed E-state index contributed by atoms with van der Waals surface area (Å²) in [6.45, 7) is 0. The Morgan fingerprint density at radius 2 is 2.14 bits per heavy atom. The molecule has 0 radical (unpaired) electrons. The van der Waals surface area contributed by atoms with Crippen molar-refractivity contribution < 1.29 is 9.90 Å². The van der Waals surface area contributed by atoms with E-state index in [1.807, 2.05) is 0 Å². The number of allylic oxidation sites excluding steroid dienone is 2. The van der Waals surface area contributed by atoms with Gasteiger partial charge in [-0.3, -0.25) is 4.79 Å². The lowest BCUT2D eigenvalue weighted by Crippen LogP contribution is -2.06. The summed E-state index contributed by atoms with van der Waals surface area (Å²) >= 11 is 0. The van der Waals surface area contributed by atoms with Crippen LogP contribution in [0.4, 0.5) is 0 Å². The molecule has 0 amide bonds. The van der Waals surface area contributed by atoms with Gasteiger partial charge in [-0.25, -0.2) is 0 Å². The summed E-state index contributed by atoms with van der Waals surface area (Å²) in [6.07, 6.45) is 1.47. The van der Waals surface area contributed by atoms with Crippen LogP contribution in [0.3, 0.4) is 0 Å². The maximum absolute atomic E-state index is 9.87. The van der Waals surface area contributed by atoms with Gasteiger partial charge in [-0.1, -0.05) is 0 Å². The number of carbonyl (C=O) groups is 1. The Morgan fingerprint density at radius 3 is 2.14 bits per heavy atom. The van der Waals surface area contributed by atoms with Crippen molar-refractivity contribution in [3.8, 4) is 0 Å². The Morgan fingerprint density at radius 1 is 1.71 bits per heavy atom. The summed E-state index contributed by atoms with van der Waals surface area (Å²) < 4.78 is 0. The minimum Gasteiger partial charge on any atom is -0.512 e. The fourth-order valence-electron chi connectivity index (χ4n) is 0.335. The van der Waals surface area contributed by atoms with Crippen LogP contribution in [-0.4, -0.2) is 10.9 Å². The molecule has 0 aromatic rings. The van der Waals surface area contributed by atoms with Crippen LogP contribution in [0, 0.1) is 0 Å². The first-order chi connectivity index (χ1) is 2.79. The molecular formula is C4H7NO2. The van der Waals surface area contributed by atoms with Crippen LogP contribution in [-0.2, 0) is 4.79 Å². The molecule has 0 heterocycles. The second kappa shape index (κ2) is 1.75. The first-order valence-electron chi connectivity index (χ1n) is 1.71. The van der Waals surface area contributed by atoms with Crippen LogP contribution in [0.1, 0.15) is 6.42 Å². The Bertz CT molecular complexity index is 117. The van der Waals surface area contributed by atoms with Crippen LogP contribution in [0.25, 0.3) is 0 Å². The Balaban J connectivity index is 0.000000360. The van der Waals surface area contributed by atoms with E-state index < -0.39 is 0 Å². The second-order valence-corrected chi connectivity index (χ2v) is 1.28. The van der Waals surface area contributed by atoms with Crippen LogP contribution < -0.4 is 6.15 Å². The van der Waals surface area contributed by atoms with E-state index in [4.69, 9.17) is 5.11 Å². The number of rotatable bonds is 0. The van der Waals surface area contributed by atoms with Crippen LogP contribution in [0.5, 0.6) is 0 Å². The maximum atomic E-state index is 9.87. The van der Waals surface area contributed by atoms with E-state index in [9.17, 15) is 4.79 Å². The lowest BCUT2D eigenvalue weighted by atomic mass is 10.1. The average molecular weight is 101 g/mol. The van der Waals surface area contributed by atoms with E-state index in [1.54, 1.807) is 0 Å². The van der Waals surface area contributed by atoms with Gasteiger partial charge in [0.05, 0.1) is 6.42 Å². The number of hydrogen-bond acceptors (Lipinski definition) is 3. The van der Waals surface area contributed by atoms with E-state index in [1.165, 1.54) is 6.08 Å². The highest BCUT2D eigenvalue weighted by molar-refractivity contribution is 5.97. The van der Waals surface area contributed by atoms with Gasteiger partial charge in [0.1, 0.15) is 5.76 Å². The zero-order valence-corrected chi connectivity index (χ0v) is 3.85. The van der Waals surface area contributed by atoms with Crippen molar-refractivity contribution in [3.05, 3.63) is 11.8 Å². The SMILES string of the molecule is N.O=C1C=C(O)C1. The summed E-state index contributed by atoms with van der Waals surface area (Å²) in [5, 5.41) is 8.26. The smallest absolute Gasteiger partial charge is 0.166 e. The summed E-state index contributed by atoms with van der Waals surface area (Å²) in [5.74, 6) is 0.229. The third-order valence-corrected chi connectivity index (χ3v) is 0.683. The highest BCUT2D eigenvalue weighted by Gasteiger charge is 2.11. The third-order valence-electron chi connectivity index (χ3n) is 0.683. The summed E-state index contributed by atoms with van der Waals surface area (Å²) in [4.78, 5) is 9.87. The van der Waals surface area contributed by atoms with Crippen molar-refractivity contribution in [2.45, 2.75) is 6.42 Å². The molecule has 0 saturated heterocycles. The van der Waals surface area contributed by atoms with Gasteiger partial charge < -0.3 is 11.3 Å². The van der Waals surface area contributed by atoms with Gasteiger partial charge in [0.2, 0.25) is 0 Å². The molecule has 0 bridgehead atoms. The Hall–Kier alpha value is -0.830. The van der Waals surface area contributed by atoms with Gasteiger partial charge >= 0.3 is 0 Å². The molecule has 0 aliphatic heterocycles. The van der Waals surface area contributed by atoms with Crippen molar-refractivity contribution in [1.82, 2.24) is 6.15 Å². The quantitative estimate of drug-likeness (QED) is 0.468. The minimum atomic E-state index is 0. The molecule has 0 atom stereocenters. The molecule has 0 aromatic carbocycles. The molecule has 3 heteroatoms. The van der Waals surface area contributed by atoms with Crippen molar-refractivity contribution in [2.24, 2.45) is 0 Å². The van der Waals surface area contributed by atoms with E-state index in [0.29, 0.717) is 0 Å². The molecule has 0 saturated carbocycles. The standard InChI is InChI=1S/C4H4O2.H3N/c5-3-1-4(6)2-3;/h1,5H,2H2;1H3. The van der Waals surface area contributed by atoms with Gasteiger partial charge in [-0.15, -0.1) is 0 Å². The van der Waals surface area contributed by atoms with Gasteiger partial charge in [-0.05, 0) is 0 Å². The number of aliphatic hydroxyl groups is 1. The maximum Gasteiger partial charge on any atom is 0.166 e. The summed E-state index contributed by atoms with van der Waals surface area (Å²) in [5.41, 5.74) is 0. The molecule has 0 spiro atoms. The average Bonchev–Trinajstić information content (AvgIpc) is 1.33. The van der Waals surface area contributed by atoms with E-state index in [2.05, 4.69) is 0 Å². The molecule has 1 rings (SSSR count). The highest BCUT2D eigenvalue weighted by Crippen LogP contribution is 2.08. The van der Waals surface area contributed by atoms with Crippen molar-refractivity contribution in [2.75, 3.05) is 0 Å². The lowest BCUT2D eigenvalue weighted by Gasteiger charge is -2.02. The summed E-state index contributed by atoms with van der Waals surface area (Å²) in [6, 6.07) is 0. The van der Waals surface area contributed by atoms with Crippen LogP contribution in [0.2, 0.25) is 0 Å². The van der Waals surface area contributed by atoms with Gasteiger partial charge in [0.25, 0.3) is 0 Å². The van der Waals surface area contributed by atoms with Crippen LogP contribution in [0.15, 0.2) is 11.8 Å².